The number of hydrogen-bond donors (Lipinski definition) is 0. The minimum atomic E-state index is -0.260. The molecule has 0 bridgehead atoms. The Morgan fingerprint density at radius 2 is 1.73 bits per heavy atom. The van der Waals surface area contributed by atoms with E-state index in [0.717, 1.165) is 19.3 Å². The van der Waals surface area contributed by atoms with Gasteiger partial charge in [0, 0.05) is 25.2 Å². The fourth-order valence-corrected chi connectivity index (χ4v) is 9.59. The van der Waals surface area contributed by atoms with Crippen molar-refractivity contribution in [1.29, 1.82) is 0 Å². The first-order chi connectivity index (χ1) is 17.7. The van der Waals surface area contributed by atoms with E-state index < -0.39 is 0 Å². The molecule has 37 heavy (non-hydrogen) atoms. The molecule has 0 spiro atoms. The first-order valence-corrected chi connectivity index (χ1v) is 14.5. The normalized spacial score (nSPS) is 39.6. The third-order valence-corrected chi connectivity index (χ3v) is 11.5. The van der Waals surface area contributed by atoms with Gasteiger partial charge < -0.3 is 9.47 Å². The van der Waals surface area contributed by atoms with E-state index in [0.29, 0.717) is 60.2 Å². The fourth-order valence-electron chi connectivity index (χ4n) is 9.59. The molecule has 9 atom stereocenters. The largest absolute Gasteiger partial charge is 0.469 e. The van der Waals surface area contributed by atoms with Crippen LogP contribution < -0.4 is 0 Å². The van der Waals surface area contributed by atoms with Crippen LogP contribution in [0.2, 0.25) is 0 Å². The molecule has 0 amide bonds. The Morgan fingerprint density at radius 1 is 1.00 bits per heavy atom. The van der Waals surface area contributed by atoms with Gasteiger partial charge in [0.15, 0.2) is 0 Å². The van der Waals surface area contributed by atoms with Gasteiger partial charge in [-0.2, -0.15) is 0 Å². The summed E-state index contributed by atoms with van der Waals surface area (Å²) in [6, 6.07) is 9.27. The van der Waals surface area contributed by atoms with Crippen molar-refractivity contribution in [2.75, 3.05) is 7.11 Å². The molecule has 0 N–H and O–H groups in total. The molecule has 0 saturated heterocycles. The zero-order chi connectivity index (χ0) is 26.4. The SMILES string of the molecule is COC(=O)CC[C@@H](C)C1CCC2C3C[C@H](OC(=O)c4ccccc4)[C@@H]4CC(=O)CCC4(C)C3CCC21C. The lowest BCUT2D eigenvalue weighted by atomic mass is 9.44. The number of carbonyl (C=O) groups is 3. The second kappa shape index (κ2) is 10.2. The first-order valence-electron chi connectivity index (χ1n) is 14.5. The zero-order valence-corrected chi connectivity index (χ0v) is 23.0. The summed E-state index contributed by atoms with van der Waals surface area (Å²) in [6.45, 7) is 7.23. The van der Waals surface area contributed by atoms with E-state index in [2.05, 4.69) is 20.8 Å². The first kappa shape index (κ1) is 26.4. The predicted molar refractivity (Wildman–Crippen MR) is 142 cm³/mol. The van der Waals surface area contributed by atoms with Gasteiger partial charge in [0.1, 0.15) is 11.9 Å². The van der Waals surface area contributed by atoms with Crippen molar-refractivity contribution in [3.05, 3.63) is 35.9 Å². The van der Waals surface area contributed by atoms with Crippen LogP contribution in [0, 0.1) is 46.3 Å². The molecule has 0 aromatic heterocycles. The van der Waals surface area contributed by atoms with Gasteiger partial charge in [0.25, 0.3) is 0 Å². The highest BCUT2D eigenvalue weighted by Gasteiger charge is 2.63. The molecule has 6 unspecified atom stereocenters. The molecule has 202 valence electrons. The number of ether oxygens (including phenoxy) is 2. The number of rotatable bonds is 6. The topological polar surface area (TPSA) is 69.7 Å². The standard InChI is InChI=1S/C32H44O5/c1-20(10-13-29(34)36-4)24-11-12-25-23-19-28(37-30(35)21-8-6-5-7-9-21)27-18-22(33)14-16-32(27,3)26(23)15-17-31(24,25)2/h5-9,20,23-28H,10-19H2,1-4H3/t20-,23?,24?,25?,26?,27+,28+,31?,32?/m1/s1. The van der Waals surface area contributed by atoms with Gasteiger partial charge >= 0.3 is 11.9 Å². The van der Waals surface area contributed by atoms with Crippen molar-refractivity contribution in [1.82, 2.24) is 0 Å². The molecule has 0 aliphatic heterocycles. The summed E-state index contributed by atoms with van der Waals surface area (Å²) in [5.74, 6) is 2.85. The number of methoxy groups -OCH3 is 1. The summed E-state index contributed by atoms with van der Waals surface area (Å²) in [6.07, 6.45) is 8.99. The fraction of sp³-hybridized carbons (Fsp3) is 0.719. The van der Waals surface area contributed by atoms with Crippen LogP contribution in [0.4, 0.5) is 0 Å². The highest BCUT2D eigenvalue weighted by Crippen LogP contribution is 2.68. The number of benzene rings is 1. The Hall–Kier alpha value is -2.17. The lowest BCUT2D eigenvalue weighted by molar-refractivity contribution is -0.167. The molecule has 5 rings (SSSR count). The maximum absolute atomic E-state index is 13.2. The molecule has 0 radical (unpaired) electrons. The van der Waals surface area contributed by atoms with Crippen LogP contribution in [0.15, 0.2) is 30.3 Å². The Morgan fingerprint density at radius 3 is 2.46 bits per heavy atom. The van der Waals surface area contributed by atoms with Crippen LogP contribution in [0.5, 0.6) is 0 Å². The van der Waals surface area contributed by atoms with Crippen LogP contribution in [0.25, 0.3) is 0 Å². The minimum absolute atomic E-state index is 0.0361. The van der Waals surface area contributed by atoms with Crippen molar-refractivity contribution >= 4 is 17.7 Å². The summed E-state index contributed by atoms with van der Waals surface area (Å²) in [5, 5.41) is 0. The number of Topliss-reactive ketones (excluding diaryl/α,β-unsaturated/α-hetero) is 1. The Balaban J connectivity index is 1.40. The molecule has 4 saturated carbocycles. The molecular weight excluding hydrogens is 464 g/mol. The van der Waals surface area contributed by atoms with Crippen molar-refractivity contribution in [2.24, 2.45) is 46.3 Å². The average molecular weight is 509 g/mol. The van der Waals surface area contributed by atoms with Crippen molar-refractivity contribution < 1.29 is 23.9 Å². The Bertz CT molecular complexity index is 1020. The maximum Gasteiger partial charge on any atom is 0.338 e. The lowest BCUT2D eigenvalue weighted by Gasteiger charge is -2.62. The molecule has 1 aromatic carbocycles. The Labute approximate surface area is 222 Å². The summed E-state index contributed by atoms with van der Waals surface area (Å²) in [4.78, 5) is 37.6. The highest BCUT2D eigenvalue weighted by molar-refractivity contribution is 5.89. The third kappa shape index (κ3) is 4.65. The van der Waals surface area contributed by atoms with E-state index in [1.807, 2.05) is 30.3 Å². The van der Waals surface area contributed by atoms with Crippen LogP contribution in [-0.4, -0.2) is 30.9 Å². The smallest absolute Gasteiger partial charge is 0.338 e. The molecule has 5 heteroatoms. The van der Waals surface area contributed by atoms with E-state index >= 15 is 0 Å². The maximum atomic E-state index is 13.2. The van der Waals surface area contributed by atoms with Gasteiger partial charge in [0.05, 0.1) is 12.7 Å². The van der Waals surface area contributed by atoms with E-state index in [-0.39, 0.29) is 34.8 Å². The van der Waals surface area contributed by atoms with Gasteiger partial charge in [-0.25, -0.2) is 4.79 Å². The molecule has 5 nitrogen and oxygen atoms in total. The van der Waals surface area contributed by atoms with Crippen molar-refractivity contribution in [2.45, 2.75) is 91.1 Å². The van der Waals surface area contributed by atoms with Gasteiger partial charge in [-0.15, -0.1) is 0 Å². The average Bonchev–Trinajstić information content (AvgIpc) is 3.26. The molecular formula is C32H44O5. The Kier molecular flexibility index (Phi) is 7.28. The number of carbonyl (C=O) groups excluding carboxylic acids is 3. The number of hydrogen-bond acceptors (Lipinski definition) is 5. The van der Waals surface area contributed by atoms with Crippen LogP contribution in [0.3, 0.4) is 0 Å². The predicted octanol–water partition coefficient (Wildman–Crippen LogP) is 6.64. The van der Waals surface area contributed by atoms with Gasteiger partial charge in [-0.3, -0.25) is 9.59 Å². The highest BCUT2D eigenvalue weighted by atomic mass is 16.5. The summed E-state index contributed by atoms with van der Waals surface area (Å²) in [7, 11) is 1.47. The van der Waals surface area contributed by atoms with Crippen molar-refractivity contribution in [3.8, 4) is 0 Å². The second-order valence-electron chi connectivity index (χ2n) is 13.1. The second-order valence-corrected chi connectivity index (χ2v) is 13.1. The summed E-state index contributed by atoms with van der Waals surface area (Å²) >= 11 is 0. The monoisotopic (exact) mass is 508 g/mol. The van der Waals surface area contributed by atoms with Crippen LogP contribution in [0.1, 0.15) is 95.3 Å². The summed E-state index contributed by atoms with van der Waals surface area (Å²) in [5.41, 5.74) is 0.870. The molecule has 4 aliphatic carbocycles. The number of ketones is 1. The molecule has 4 aliphatic rings. The van der Waals surface area contributed by atoms with Gasteiger partial charge in [-0.05, 0) is 97.5 Å². The lowest BCUT2D eigenvalue weighted by Crippen LogP contribution is -2.58. The van der Waals surface area contributed by atoms with E-state index in [1.54, 1.807) is 0 Å². The van der Waals surface area contributed by atoms with Crippen molar-refractivity contribution in [3.63, 3.8) is 0 Å². The van der Waals surface area contributed by atoms with E-state index in [4.69, 9.17) is 9.47 Å². The summed E-state index contributed by atoms with van der Waals surface area (Å²) < 4.78 is 11.2. The van der Waals surface area contributed by atoms with Gasteiger partial charge in [-0.1, -0.05) is 39.0 Å². The van der Waals surface area contributed by atoms with Gasteiger partial charge in [0.2, 0.25) is 0 Å². The third-order valence-electron chi connectivity index (χ3n) is 11.5. The number of esters is 2. The van der Waals surface area contributed by atoms with E-state index in [9.17, 15) is 14.4 Å². The molecule has 4 fully saturated rings. The molecule has 1 aromatic rings. The minimum Gasteiger partial charge on any atom is -0.469 e. The van der Waals surface area contributed by atoms with Crippen LogP contribution in [-0.2, 0) is 19.1 Å². The quantitative estimate of drug-likeness (QED) is 0.403. The van der Waals surface area contributed by atoms with Crippen LogP contribution >= 0.6 is 0 Å². The zero-order valence-electron chi connectivity index (χ0n) is 23.0. The molecule has 0 heterocycles. The number of fused-ring (bicyclic) bond motifs is 5. The van der Waals surface area contributed by atoms with E-state index in [1.165, 1.54) is 32.8 Å².